The van der Waals surface area contributed by atoms with Gasteiger partial charge in [-0.25, -0.2) is 0 Å². The summed E-state index contributed by atoms with van der Waals surface area (Å²) in [6, 6.07) is 19.9. The van der Waals surface area contributed by atoms with Gasteiger partial charge in [0.05, 0.1) is 6.67 Å². The Hall–Kier alpha value is -2.33. The van der Waals surface area contributed by atoms with Crippen molar-refractivity contribution in [2.75, 3.05) is 31.7 Å². The van der Waals surface area contributed by atoms with Crippen LogP contribution in [0, 0.1) is 0 Å². The monoisotopic (exact) mass is 375 g/mol. The molecule has 3 aliphatic rings. The van der Waals surface area contributed by atoms with Crippen molar-refractivity contribution >= 4 is 11.6 Å². The molecule has 2 aromatic carbocycles. The van der Waals surface area contributed by atoms with E-state index in [1.807, 2.05) is 18.0 Å². The molecule has 0 bridgehead atoms. The maximum atomic E-state index is 13.2. The van der Waals surface area contributed by atoms with Crippen LogP contribution in [-0.2, 0) is 11.2 Å². The number of likely N-dealkylation sites (tertiary alicyclic amines) is 1. The van der Waals surface area contributed by atoms with Crippen LogP contribution < -0.4 is 4.90 Å². The normalized spacial score (nSPS) is 24.6. The highest BCUT2D eigenvalue weighted by molar-refractivity contribution is 5.93. The molecule has 1 amide bonds. The van der Waals surface area contributed by atoms with Gasteiger partial charge in [0, 0.05) is 31.9 Å². The Bertz CT molecular complexity index is 857. The van der Waals surface area contributed by atoms with Crippen LogP contribution in [0.4, 0.5) is 5.69 Å². The van der Waals surface area contributed by atoms with Gasteiger partial charge in [-0.1, -0.05) is 42.5 Å². The number of para-hydroxylation sites is 1. The summed E-state index contributed by atoms with van der Waals surface area (Å²) in [5.74, 6) is 0.292. The summed E-state index contributed by atoms with van der Waals surface area (Å²) in [6.07, 6.45) is 5.52. The number of piperidine rings is 1. The summed E-state index contributed by atoms with van der Waals surface area (Å²) in [4.78, 5) is 20.1. The molecule has 2 aromatic rings. The number of carbonyl (C=O) groups is 1. The molecule has 0 aromatic heterocycles. The zero-order chi connectivity index (χ0) is 19.1. The number of rotatable bonds is 2. The third-order valence-electron chi connectivity index (χ3n) is 7.09. The molecule has 1 spiro atoms. The van der Waals surface area contributed by atoms with Crippen molar-refractivity contribution in [1.29, 1.82) is 0 Å². The van der Waals surface area contributed by atoms with E-state index in [1.54, 1.807) is 0 Å². The number of carbonyl (C=O) groups excluding carboxylic acids is 1. The first kappa shape index (κ1) is 17.7. The number of amides is 1. The van der Waals surface area contributed by atoms with Gasteiger partial charge < -0.3 is 9.80 Å². The number of fused-ring (bicyclic) bond motifs is 1. The van der Waals surface area contributed by atoms with Crippen molar-refractivity contribution in [3.63, 3.8) is 0 Å². The number of benzene rings is 2. The van der Waals surface area contributed by atoms with Gasteiger partial charge in [-0.3, -0.25) is 9.69 Å². The van der Waals surface area contributed by atoms with Crippen LogP contribution in [0.3, 0.4) is 0 Å². The van der Waals surface area contributed by atoms with Gasteiger partial charge in [-0.2, -0.15) is 0 Å². The zero-order valence-electron chi connectivity index (χ0n) is 16.7. The van der Waals surface area contributed by atoms with Crippen molar-refractivity contribution in [1.82, 2.24) is 9.80 Å². The molecule has 28 heavy (non-hydrogen) atoms. The summed E-state index contributed by atoms with van der Waals surface area (Å²) >= 11 is 0. The third-order valence-corrected chi connectivity index (χ3v) is 7.09. The molecule has 146 valence electrons. The summed E-state index contributed by atoms with van der Waals surface area (Å²) in [6.45, 7) is 2.67. The number of likely N-dealkylation sites (N-methyl/N-ethyl adjacent to an activating group) is 1. The van der Waals surface area contributed by atoms with Gasteiger partial charge in [0.25, 0.3) is 0 Å². The second-order valence-corrected chi connectivity index (χ2v) is 8.58. The highest BCUT2D eigenvalue weighted by Gasteiger charge is 2.53. The molecule has 5 rings (SSSR count). The zero-order valence-corrected chi connectivity index (χ0v) is 16.7. The van der Waals surface area contributed by atoms with Gasteiger partial charge in [-0.05, 0) is 55.4 Å². The minimum absolute atomic E-state index is 0.292. The summed E-state index contributed by atoms with van der Waals surface area (Å²) < 4.78 is 0. The lowest BCUT2D eigenvalue weighted by Gasteiger charge is -2.46. The van der Waals surface area contributed by atoms with Crippen LogP contribution in [-0.4, -0.2) is 48.1 Å². The minimum atomic E-state index is -0.374. The van der Waals surface area contributed by atoms with E-state index in [4.69, 9.17) is 0 Å². The Balaban J connectivity index is 1.39. The lowest BCUT2D eigenvalue weighted by molar-refractivity contribution is -0.132. The fourth-order valence-corrected chi connectivity index (χ4v) is 5.62. The van der Waals surface area contributed by atoms with E-state index in [-0.39, 0.29) is 5.54 Å². The summed E-state index contributed by atoms with van der Waals surface area (Å²) in [5, 5.41) is 0. The van der Waals surface area contributed by atoms with E-state index in [0.717, 1.165) is 31.6 Å². The maximum Gasteiger partial charge on any atom is 0.249 e. The Morgan fingerprint density at radius 2 is 1.68 bits per heavy atom. The molecule has 2 heterocycles. The van der Waals surface area contributed by atoms with E-state index >= 15 is 0 Å². The number of hydrogen-bond acceptors (Lipinski definition) is 3. The molecule has 4 nitrogen and oxygen atoms in total. The molecule has 2 fully saturated rings. The van der Waals surface area contributed by atoms with Crippen LogP contribution in [0.15, 0.2) is 54.6 Å². The lowest BCUT2D eigenvalue weighted by atomic mass is 9.82. The van der Waals surface area contributed by atoms with E-state index in [2.05, 4.69) is 58.3 Å². The molecule has 1 atom stereocenters. The van der Waals surface area contributed by atoms with E-state index in [1.165, 1.54) is 30.4 Å². The average molecular weight is 376 g/mol. The number of anilines is 1. The van der Waals surface area contributed by atoms with E-state index in [0.29, 0.717) is 18.6 Å². The van der Waals surface area contributed by atoms with Gasteiger partial charge in [0.2, 0.25) is 5.91 Å². The lowest BCUT2D eigenvalue weighted by Crippen LogP contribution is -2.57. The Morgan fingerprint density at radius 3 is 2.46 bits per heavy atom. The van der Waals surface area contributed by atoms with Crippen LogP contribution >= 0.6 is 0 Å². The first-order chi connectivity index (χ1) is 13.7. The van der Waals surface area contributed by atoms with E-state index in [9.17, 15) is 4.79 Å². The first-order valence-corrected chi connectivity index (χ1v) is 10.6. The quantitative estimate of drug-likeness (QED) is 0.798. The average Bonchev–Trinajstić information content (AvgIpc) is 3.00. The first-order valence-electron chi connectivity index (χ1n) is 10.6. The van der Waals surface area contributed by atoms with Gasteiger partial charge in [-0.15, -0.1) is 0 Å². The standard InChI is InChI=1S/C24H29N3O/c1-25-18-27(20-10-3-2-4-11-20)24(23(25)28)14-16-26(17-15-24)22-13-7-9-19-8-5-6-12-21(19)22/h2-6,8,10-12,22H,7,9,13-18H2,1H3. The topological polar surface area (TPSA) is 26.8 Å². The van der Waals surface area contributed by atoms with Crippen molar-refractivity contribution < 1.29 is 4.79 Å². The molecule has 4 heteroatoms. The molecule has 0 N–H and O–H groups in total. The fraction of sp³-hybridized carbons (Fsp3) is 0.458. The molecule has 1 unspecified atom stereocenters. The van der Waals surface area contributed by atoms with Crippen molar-refractivity contribution in [3.05, 3.63) is 65.7 Å². The SMILES string of the molecule is CN1CN(c2ccccc2)C2(CCN(C3CCCc4ccccc43)CC2)C1=O. The second-order valence-electron chi connectivity index (χ2n) is 8.58. The van der Waals surface area contributed by atoms with Gasteiger partial charge in [0.15, 0.2) is 0 Å². The Labute approximate surface area is 167 Å². The fourth-order valence-electron chi connectivity index (χ4n) is 5.62. The second kappa shape index (κ2) is 6.93. The largest absolute Gasteiger partial charge is 0.339 e. The Morgan fingerprint density at radius 1 is 0.964 bits per heavy atom. The van der Waals surface area contributed by atoms with Crippen LogP contribution in [0.2, 0.25) is 0 Å². The number of nitrogens with zero attached hydrogens (tertiary/aromatic N) is 3. The third kappa shape index (κ3) is 2.74. The van der Waals surface area contributed by atoms with Crippen LogP contribution in [0.5, 0.6) is 0 Å². The van der Waals surface area contributed by atoms with Crippen molar-refractivity contribution in [2.24, 2.45) is 0 Å². The smallest absolute Gasteiger partial charge is 0.249 e. The van der Waals surface area contributed by atoms with Gasteiger partial charge >= 0.3 is 0 Å². The Kier molecular flexibility index (Phi) is 4.39. The van der Waals surface area contributed by atoms with Crippen LogP contribution in [0.25, 0.3) is 0 Å². The molecular weight excluding hydrogens is 346 g/mol. The highest BCUT2D eigenvalue weighted by atomic mass is 16.2. The predicted octanol–water partition coefficient (Wildman–Crippen LogP) is 3.83. The molecule has 0 radical (unpaired) electrons. The van der Waals surface area contributed by atoms with E-state index < -0.39 is 0 Å². The van der Waals surface area contributed by atoms with Crippen molar-refractivity contribution in [2.45, 2.75) is 43.7 Å². The van der Waals surface area contributed by atoms with Crippen molar-refractivity contribution in [3.8, 4) is 0 Å². The molecular formula is C24H29N3O. The summed E-state index contributed by atoms with van der Waals surface area (Å²) in [7, 11) is 1.94. The minimum Gasteiger partial charge on any atom is -0.339 e. The predicted molar refractivity (Wildman–Crippen MR) is 112 cm³/mol. The number of aryl methyl sites for hydroxylation is 1. The molecule has 2 saturated heterocycles. The highest BCUT2D eigenvalue weighted by Crippen LogP contribution is 2.42. The molecule has 0 saturated carbocycles. The molecule has 1 aliphatic carbocycles. The maximum absolute atomic E-state index is 13.2. The molecule has 2 aliphatic heterocycles. The number of hydrogen-bond donors (Lipinski definition) is 0. The van der Waals surface area contributed by atoms with Gasteiger partial charge in [0.1, 0.15) is 5.54 Å². The van der Waals surface area contributed by atoms with Crippen LogP contribution in [0.1, 0.15) is 42.9 Å². The summed E-state index contributed by atoms with van der Waals surface area (Å²) in [5.41, 5.74) is 3.82.